The predicted octanol–water partition coefficient (Wildman–Crippen LogP) is 5.17. The summed E-state index contributed by atoms with van der Waals surface area (Å²) in [5, 5.41) is 2.52. The number of nitrogens with zero attached hydrogens (tertiary/aromatic N) is 2. The zero-order valence-corrected chi connectivity index (χ0v) is 17.0. The highest BCUT2D eigenvalue weighted by Crippen LogP contribution is 2.32. The van der Waals surface area contributed by atoms with E-state index in [4.69, 9.17) is 4.74 Å². The van der Waals surface area contributed by atoms with Crippen LogP contribution in [0.25, 0.3) is 0 Å². The van der Waals surface area contributed by atoms with Crippen molar-refractivity contribution in [1.29, 1.82) is 0 Å². The number of Topliss-reactive ketones (excluding diaryl/α,β-unsaturated/α-hetero) is 1. The molecule has 5 nitrogen and oxygen atoms in total. The van der Waals surface area contributed by atoms with Crippen LogP contribution in [0.15, 0.2) is 53.9 Å². The molecule has 0 fully saturated rings. The fraction of sp³-hybridized carbons (Fsp3) is 0.227. The number of ether oxygens (including phenoxy) is 1. The first-order chi connectivity index (χ1) is 13.5. The van der Waals surface area contributed by atoms with E-state index in [2.05, 4.69) is 11.9 Å². The van der Waals surface area contributed by atoms with Gasteiger partial charge in [-0.25, -0.2) is 4.98 Å². The molecule has 0 N–H and O–H groups in total. The maximum atomic E-state index is 12.3. The number of hydrogen-bond donors (Lipinski definition) is 0. The van der Waals surface area contributed by atoms with Crippen molar-refractivity contribution in [1.82, 2.24) is 4.98 Å². The first-order valence-electron chi connectivity index (χ1n) is 9.06. The van der Waals surface area contributed by atoms with Crippen molar-refractivity contribution < 1.29 is 14.3 Å². The molecule has 3 rings (SSSR count). The molecule has 1 aromatic heterocycles. The molecular formula is C22H22N2O3S. The fourth-order valence-electron chi connectivity index (χ4n) is 2.84. The van der Waals surface area contributed by atoms with E-state index in [0.717, 1.165) is 23.4 Å². The molecule has 0 radical (unpaired) electrons. The van der Waals surface area contributed by atoms with Crippen LogP contribution < -0.4 is 9.64 Å². The number of thiazole rings is 1. The summed E-state index contributed by atoms with van der Waals surface area (Å²) in [6, 6.07) is 14.9. The number of hydrogen-bond acceptors (Lipinski definition) is 5. The van der Waals surface area contributed by atoms with E-state index < -0.39 is 0 Å². The van der Waals surface area contributed by atoms with Crippen molar-refractivity contribution in [2.45, 2.75) is 33.8 Å². The van der Waals surface area contributed by atoms with Gasteiger partial charge in [-0.2, -0.15) is 0 Å². The van der Waals surface area contributed by atoms with Crippen molar-refractivity contribution in [3.05, 3.63) is 70.7 Å². The van der Waals surface area contributed by atoms with Crippen LogP contribution in [0.5, 0.6) is 5.75 Å². The molecule has 1 heterocycles. The topological polar surface area (TPSA) is 59.5 Å². The van der Waals surface area contributed by atoms with Gasteiger partial charge in [0.2, 0.25) is 5.91 Å². The molecule has 0 aliphatic heterocycles. The number of carbonyl (C=O) groups is 2. The van der Waals surface area contributed by atoms with Crippen LogP contribution in [-0.2, 0) is 17.8 Å². The predicted molar refractivity (Wildman–Crippen MR) is 112 cm³/mol. The van der Waals surface area contributed by atoms with E-state index in [-0.39, 0.29) is 18.3 Å². The summed E-state index contributed by atoms with van der Waals surface area (Å²) < 4.78 is 5.76. The third-order valence-corrected chi connectivity index (χ3v) is 5.18. The van der Waals surface area contributed by atoms with E-state index in [1.165, 1.54) is 18.3 Å². The van der Waals surface area contributed by atoms with Gasteiger partial charge in [0.05, 0.1) is 11.4 Å². The van der Waals surface area contributed by atoms with Gasteiger partial charge in [-0.15, -0.1) is 11.3 Å². The molecule has 0 saturated carbocycles. The third kappa shape index (κ3) is 4.46. The summed E-state index contributed by atoms with van der Waals surface area (Å²) in [6.07, 6.45) is 0.831. The monoisotopic (exact) mass is 394 g/mol. The molecule has 0 aliphatic carbocycles. The smallest absolute Gasteiger partial charge is 0.230 e. The van der Waals surface area contributed by atoms with Crippen molar-refractivity contribution in [3.63, 3.8) is 0 Å². The Kier molecular flexibility index (Phi) is 6.21. The Morgan fingerprint density at radius 3 is 2.43 bits per heavy atom. The summed E-state index contributed by atoms with van der Waals surface area (Å²) >= 11 is 1.41. The molecule has 0 atom stereocenters. The second kappa shape index (κ2) is 8.80. The number of aromatic nitrogens is 1. The van der Waals surface area contributed by atoms with Gasteiger partial charge >= 0.3 is 0 Å². The van der Waals surface area contributed by atoms with Crippen LogP contribution in [0, 0.1) is 0 Å². The van der Waals surface area contributed by atoms with E-state index in [1.54, 1.807) is 36.1 Å². The Hall–Kier alpha value is -2.99. The second-order valence-electron chi connectivity index (χ2n) is 6.33. The lowest BCUT2D eigenvalue weighted by atomic mass is 10.1. The number of ketones is 1. The molecule has 0 saturated heterocycles. The van der Waals surface area contributed by atoms with Crippen LogP contribution in [0.2, 0.25) is 0 Å². The van der Waals surface area contributed by atoms with E-state index in [9.17, 15) is 9.59 Å². The molecule has 3 aromatic rings. The summed E-state index contributed by atoms with van der Waals surface area (Å²) in [6.45, 7) is 5.43. The minimum Gasteiger partial charge on any atom is -0.487 e. The maximum absolute atomic E-state index is 12.3. The molecule has 28 heavy (non-hydrogen) atoms. The summed E-state index contributed by atoms with van der Waals surface area (Å²) in [5.41, 5.74) is 3.35. The van der Waals surface area contributed by atoms with Gasteiger partial charge in [0.25, 0.3) is 0 Å². The van der Waals surface area contributed by atoms with Crippen LogP contribution in [0.3, 0.4) is 0 Å². The highest BCUT2D eigenvalue weighted by atomic mass is 32.1. The standard InChI is InChI=1S/C22H22N2O3S/c1-4-17-7-5-6-8-21(17)24(16(3)26)22-23-19(14-28-22)13-27-20-11-9-18(10-12-20)15(2)25/h5-12,14H,4,13H2,1-3H3. The summed E-state index contributed by atoms with van der Waals surface area (Å²) in [5.74, 6) is 0.606. The summed E-state index contributed by atoms with van der Waals surface area (Å²) in [7, 11) is 0. The van der Waals surface area contributed by atoms with Gasteiger partial charge in [0.15, 0.2) is 10.9 Å². The van der Waals surface area contributed by atoms with Gasteiger partial charge in [-0.05, 0) is 49.2 Å². The minimum atomic E-state index is -0.0810. The van der Waals surface area contributed by atoms with E-state index >= 15 is 0 Å². The lowest BCUT2D eigenvalue weighted by molar-refractivity contribution is -0.115. The zero-order valence-electron chi connectivity index (χ0n) is 16.1. The molecule has 2 aromatic carbocycles. The number of carbonyl (C=O) groups excluding carboxylic acids is 2. The van der Waals surface area contributed by atoms with Gasteiger partial charge in [-0.3, -0.25) is 14.5 Å². The summed E-state index contributed by atoms with van der Waals surface area (Å²) in [4.78, 5) is 29.9. The van der Waals surface area contributed by atoms with Crippen LogP contribution in [0.4, 0.5) is 10.8 Å². The van der Waals surface area contributed by atoms with E-state index in [1.807, 2.05) is 29.6 Å². The Bertz CT molecular complexity index is 979. The number of rotatable bonds is 7. The first-order valence-corrected chi connectivity index (χ1v) is 9.94. The number of anilines is 2. The quantitative estimate of drug-likeness (QED) is 0.519. The van der Waals surface area contributed by atoms with Gasteiger partial charge in [0, 0.05) is 17.9 Å². The van der Waals surface area contributed by atoms with Crippen molar-refractivity contribution in [3.8, 4) is 5.75 Å². The number of benzene rings is 2. The second-order valence-corrected chi connectivity index (χ2v) is 7.16. The SMILES string of the molecule is CCc1ccccc1N(C(C)=O)c1nc(COc2ccc(C(C)=O)cc2)cs1. The lowest BCUT2D eigenvalue weighted by Crippen LogP contribution is -2.23. The molecular weight excluding hydrogens is 372 g/mol. The molecule has 0 unspecified atom stereocenters. The molecule has 1 amide bonds. The van der Waals surface area contributed by atoms with Gasteiger partial charge < -0.3 is 4.74 Å². The van der Waals surface area contributed by atoms with E-state index in [0.29, 0.717) is 16.4 Å². The van der Waals surface area contributed by atoms with Gasteiger partial charge in [-0.1, -0.05) is 25.1 Å². The number of aryl methyl sites for hydroxylation is 1. The van der Waals surface area contributed by atoms with Crippen molar-refractivity contribution in [2.75, 3.05) is 4.90 Å². The largest absolute Gasteiger partial charge is 0.487 e. The Labute approximate surface area is 168 Å². The lowest BCUT2D eigenvalue weighted by Gasteiger charge is -2.20. The van der Waals surface area contributed by atoms with Crippen molar-refractivity contribution in [2.24, 2.45) is 0 Å². The normalized spacial score (nSPS) is 10.5. The molecule has 0 bridgehead atoms. The average Bonchev–Trinajstić information content (AvgIpc) is 3.15. The number of para-hydroxylation sites is 1. The Morgan fingerprint density at radius 1 is 1.07 bits per heavy atom. The first kappa shape index (κ1) is 19.8. The van der Waals surface area contributed by atoms with Crippen LogP contribution in [-0.4, -0.2) is 16.7 Å². The van der Waals surface area contributed by atoms with Gasteiger partial charge in [0.1, 0.15) is 12.4 Å². The van der Waals surface area contributed by atoms with Crippen LogP contribution in [0.1, 0.15) is 42.4 Å². The molecule has 0 spiro atoms. The minimum absolute atomic E-state index is 0.0207. The highest BCUT2D eigenvalue weighted by Gasteiger charge is 2.20. The zero-order chi connectivity index (χ0) is 20.1. The fourth-order valence-corrected chi connectivity index (χ4v) is 3.71. The van der Waals surface area contributed by atoms with Crippen LogP contribution >= 0.6 is 11.3 Å². The molecule has 6 heteroatoms. The highest BCUT2D eigenvalue weighted by molar-refractivity contribution is 7.14. The number of amides is 1. The maximum Gasteiger partial charge on any atom is 0.230 e. The average molecular weight is 394 g/mol. The van der Waals surface area contributed by atoms with Crippen molar-refractivity contribution >= 4 is 33.8 Å². The third-order valence-electron chi connectivity index (χ3n) is 4.31. The molecule has 144 valence electrons. The Morgan fingerprint density at radius 2 is 1.79 bits per heavy atom. The molecule has 0 aliphatic rings. The Balaban J connectivity index is 1.76.